The Balaban J connectivity index is 2.58. The molecule has 18 heavy (non-hydrogen) atoms. The summed E-state index contributed by atoms with van der Waals surface area (Å²) in [5.41, 5.74) is 0. The predicted molar refractivity (Wildman–Crippen MR) is 61.6 cm³/mol. The number of ether oxygens (including phenoxy) is 1. The smallest absolute Gasteiger partial charge is 0.324 e. The minimum absolute atomic E-state index is 0.166. The number of carboxylic acid groups (broad SMARTS) is 1. The van der Waals surface area contributed by atoms with Crippen LogP contribution in [0.1, 0.15) is 13.3 Å². The van der Waals surface area contributed by atoms with Crippen molar-refractivity contribution < 1.29 is 23.4 Å². The van der Waals surface area contributed by atoms with Gasteiger partial charge in [0, 0.05) is 6.07 Å². The zero-order chi connectivity index (χ0) is 13.5. The highest BCUT2D eigenvalue weighted by Gasteiger charge is 2.18. The molecule has 1 atom stereocenters. The molecule has 1 aromatic rings. The summed E-state index contributed by atoms with van der Waals surface area (Å²) >= 11 is 0. The van der Waals surface area contributed by atoms with Crippen LogP contribution in [0.2, 0.25) is 0 Å². The Morgan fingerprint density at radius 3 is 2.78 bits per heavy atom. The Labute approximate surface area is 104 Å². The fourth-order valence-corrected chi connectivity index (χ4v) is 1.30. The normalized spacial score (nSPS) is 12.2. The molecule has 0 saturated heterocycles. The number of benzene rings is 1. The van der Waals surface area contributed by atoms with Crippen molar-refractivity contribution in [3.63, 3.8) is 0 Å². The van der Waals surface area contributed by atoms with Gasteiger partial charge >= 0.3 is 5.97 Å². The Bertz CT molecular complexity index is 412. The van der Waals surface area contributed by atoms with Crippen molar-refractivity contribution in [3.05, 3.63) is 29.8 Å². The van der Waals surface area contributed by atoms with E-state index >= 15 is 0 Å². The van der Waals surface area contributed by atoms with Gasteiger partial charge in [0.1, 0.15) is 18.5 Å². The highest BCUT2D eigenvalue weighted by atomic mass is 19.1. The fourth-order valence-electron chi connectivity index (χ4n) is 1.30. The third-order valence-electron chi connectivity index (χ3n) is 2.24. The lowest BCUT2D eigenvalue weighted by molar-refractivity contribution is -0.140. The maximum Gasteiger partial charge on any atom is 0.324 e. The van der Waals surface area contributed by atoms with E-state index in [9.17, 15) is 13.6 Å². The lowest BCUT2D eigenvalue weighted by atomic mass is 10.3. The molecule has 0 bridgehead atoms. The van der Waals surface area contributed by atoms with Gasteiger partial charge in [0.2, 0.25) is 0 Å². The van der Waals surface area contributed by atoms with E-state index in [4.69, 9.17) is 9.84 Å². The summed E-state index contributed by atoms with van der Waals surface area (Å²) in [5, 5.41) is 11.6. The average molecular weight is 259 g/mol. The number of halogens is 2. The average Bonchev–Trinajstić information content (AvgIpc) is 2.31. The van der Waals surface area contributed by atoms with E-state index in [0.717, 1.165) is 18.6 Å². The zero-order valence-electron chi connectivity index (χ0n) is 9.95. The van der Waals surface area contributed by atoms with Crippen LogP contribution >= 0.6 is 0 Å². The van der Waals surface area contributed by atoms with Crippen LogP contribution in [0.15, 0.2) is 18.2 Å². The van der Waals surface area contributed by atoms with Crippen LogP contribution in [0.5, 0.6) is 5.75 Å². The molecule has 0 spiro atoms. The first-order chi connectivity index (χ1) is 8.54. The Kier molecular flexibility index (Phi) is 5.51. The van der Waals surface area contributed by atoms with Crippen LogP contribution in [0.4, 0.5) is 8.78 Å². The second-order valence-electron chi connectivity index (χ2n) is 3.73. The molecule has 2 N–H and O–H groups in total. The number of hydrogen-bond acceptors (Lipinski definition) is 3. The molecule has 100 valence electrons. The Morgan fingerprint density at radius 2 is 2.22 bits per heavy atom. The van der Waals surface area contributed by atoms with E-state index in [1.165, 1.54) is 0 Å². The molecule has 1 rings (SSSR count). The first kappa shape index (κ1) is 14.4. The molecule has 0 aliphatic heterocycles. The molecule has 0 aromatic heterocycles. The van der Waals surface area contributed by atoms with Gasteiger partial charge in [0.05, 0.1) is 0 Å². The van der Waals surface area contributed by atoms with Crippen molar-refractivity contribution >= 4 is 5.97 Å². The molecule has 0 heterocycles. The molecule has 0 aliphatic carbocycles. The van der Waals surface area contributed by atoms with Gasteiger partial charge in [-0.25, -0.2) is 8.78 Å². The van der Waals surface area contributed by atoms with Gasteiger partial charge in [-0.05, 0) is 25.1 Å². The van der Waals surface area contributed by atoms with Crippen molar-refractivity contribution in [1.82, 2.24) is 5.32 Å². The van der Waals surface area contributed by atoms with Crippen LogP contribution < -0.4 is 10.1 Å². The molecule has 0 amide bonds. The fraction of sp³-hybridized carbons (Fsp3) is 0.417. The Hall–Kier alpha value is -1.69. The molecular weight excluding hydrogens is 244 g/mol. The molecule has 0 aliphatic rings. The van der Waals surface area contributed by atoms with E-state index in [0.29, 0.717) is 12.6 Å². The first-order valence-electron chi connectivity index (χ1n) is 5.58. The number of carboxylic acids is 1. The van der Waals surface area contributed by atoms with E-state index < -0.39 is 23.6 Å². The summed E-state index contributed by atoms with van der Waals surface area (Å²) in [6.07, 6.45) is 0.773. The van der Waals surface area contributed by atoms with Gasteiger partial charge in [-0.1, -0.05) is 6.92 Å². The summed E-state index contributed by atoms with van der Waals surface area (Å²) < 4.78 is 30.9. The second kappa shape index (κ2) is 6.90. The lowest BCUT2D eigenvalue weighted by Gasteiger charge is -2.15. The maximum absolute atomic E-state index is 13.2. The van der Waals surface area contributed by atoms with Crippen LogP contribution in [0.25, 0.3) is 0 Å². The van der Waals surface area contributed by atoms with E-state index in [2.05, 4.69) is 5.32 Å². The van der Waals surface area contributed by atoms with Crippen molar-refractivity contribution in [1.29, 1.82) is 0 Å². The lowest BCUT2D eigenvalue weighted by Crippen LogP contribution is -2.41. The number of nitrogens with one attached hydrogen (secondary N) is 1. The molecular formula is C12H15F2NO3. The summed E-state index contributed by atoms with van der Waals surface area (Å²) in [6, 6.07) is 1.94. The maximum atomic E-state index is 13.2. The van der Waals surface area contributed by atoms with Gasteiger partial charge < -0.3 is 15.2 Å². The standard InChI is InChI=1S/C12H15F2NO3/c1-2-5-15-10(12(16)17)7-18-11-4-3-8(13)6-9(11)14/h3-4,6,10,15H,2,5,7H2,1H3,(H,16,17). The van der Waals surface area contributed by atoms with Gasteiger partial charge in [-0.2, -0.15) is 0 Å². The summed E-state index contributed by atoms with van der Waals surface area (Å²) in [4.78, 5) is 10.9. The topological polar surface area (TPSA) is 58.6 Å². The first-order valence-corrected chi connectivity index (χ1v) is 5.58. The Morgan fingerprint density at radius 1 is 1.50 bits per heavy atom. The quantitative estimate of drug-likeness (QED) is 0.784. The number of hydrogen-bond donors (Lipinski definition) is 2. The van der Waals surface area contributed by atoms with Gasteiger partial charge in [0.15, 0.2) is 11.6 Å². The molecule has 4 nitrogen and oxygen atoms in total. The van der Waals surface area contributed by atoms with Crippen LogP contribution in [-0.2, 0) is 4.79 Å². The highest BCUT2D eigenvalue weighted by molar-refractivity contribution is 5.73. The molecule has 1 unspecified atom stereocenters. The van der Waals surface area contributed by atoms with Crippen LogP contribution in [0, 0.1) is 11.6 Å². The molecule has 0 saturated carbocycles. The molecule has 0 fully saturated rings. The third kappa shape index (κ3) is 4.29. The summed E-state index contributed by atoms with van der Waals surface area (Å²) in [5.74, 6) is -2.81. The SMILES string of the molecule is CCCNC(COc1ccc(F)cc1F)C(=O)O. The highest BCUT2D eigenvalue weighted by Crippen LogP contribution is 2.17. The van der Waals surface area contributed by atoms with E-state index in [-0.39, 0.29) is 12.4 Å². The van der Waals surface area contributed by atoms with Gasteiger partial charge in [0.25, 0.3) is 0 Å². The zero-order valence-corrected chi connectivity index (χ0v) is 9.95. The van der Waals surface area contributed by atoms with Crippen molar-refractivity contribution in [2.75, 3.05) is 13.2 Å². The number of rotatable bonds is 7. The molecule has 0 radical (unpaired) electrons. The summed E-state index contributed by atoms with van der Waals surface area (Å²) in [6.45, 7) is 2.19. The van der Waals surface area contributed by atoms with Crippen LogP contribution in [-0.4, -0.2) is 30.3 Å². The van der Waals surface area contributed by atoms with Crippen LogP contribution in [0.3, 0.4) is 0 Å². The number of carbonyl (C=O) groups is 1. The van der Waals surface area contributed by atoms with Crippen molar-refractivity contribution in [2.45, 2.75) is 19.4 Å². The minimum atomic E-state index is -1.08. The largest absolute Gasteiger partial charge is 0.488 e. The molecule has 6 heteroatoms. The van der Waals surface area contributed by atoms with Gasteiger partial charge in [-0.3, -0.25) is 4.79 Å². The predicted octanol–water partition coefficient (Wildman–Crippen LogP) is 1.80. The van der Waals surface area contributed by atoms with E-state index in [1.807, 2.05) is 6.92 Å². The van der Waals surface area contributed by atoms with Crippen molar-refractivity contribution in [2.24, 2.45) is 0 Å². The minimum Gasteiger partial charge on any atom is -0.488 e. The third-order valence-corrected chi connectivity index (χ3v) is 2.24. The second-order valence-corrected chi connectivity index (χ2v) is 3.73. The molecule has 1 aromatic carbocycles. The van der Waals surface area contributed by atoms with E-state index in [1.54, 1.807) is 0 Å². The monoisotopic (exact) mass is 259 g/mol. The summed E-state index contributed by atoms with van der Waals surface area (Å²) in [7, 11) is 0. The van der Waals surface area contributed by atoms with Crippen molar-refractivity contribution in [3.8, 4) is 5.75 Å². The number of aliphatic carboxylic acids is 1. The van der Waals surface area contributed by atoms with Gasteiger partial charge in [-0.15, -0.1) is 0 Å².